The van der Waals surface area contributed by atoms with Gasteiger partial charge in [0.15, 0.2) is 11.6 Å². The van der Waals surface area contributed by atoms with E-state index in [4.69, 9.17) is 0 Å². The van der Waals surface area contributed by atoms with E-state index in [1.165, 1.54) is 17.7 Å². The van der Waals surface area contributed by atoms with Crippen molar-refractivity contribution in [3.05, 3.63) is 89.7 Å². The number of rotatable bonds is 5. The molecule has 5 aromatic rings. The molecule has 0 unspecified atom stereocenters. The van der Waals surface area contributed by atoms with Gasteiger partial charge in [-0.3, -0.25) is 4.98 Å². The standard InChI is InChI=1S/C24H18FN5S/c1-15-10-18(8-9-26-15)17-4-2-16(3-5-17)12-27-24-22(25)23(28-13-29-24)19-6-7-20-21(11-19)31-14-30-20/h2-11,13-14H,12H2,1H3,(H,27,28,29). The highest BCUT2D eigenvalue weighted by Gasteiger charge is 2.14. The molecule has 152 valence electrons. The second-order valence-corrected chi connectivity index (χ2v) is 8.04. The van der Waals surface area contributed by atoms with Crippen LogP contribution in [0, 0.1) is 12.7 Å². The van der Waals surface area contributed by atoms with E-state index in [1.807, 2.05) is 49.5 Å². The first-order valence-corrected chi connectivity index (χ1v) is 10.7. The van der Waals surface area contributed by atoms with Crippen LogP contribution in [0.15, 0.2) is 72.6 Å². The summed E-state index contributed by atoms with van der Waals surface area (Å²) >= 11 is 1.52. The highest BCUT2D eigenvalue weighted by Crippen LogP contribution is 2.28. The van der Waals surface area contributed by atoms with Crippen molar-refractivity contribution < 1.29 is 4.39 Å². The van der Waals surface area contributed by atoms with Gasteiger partial charge in [0, 0.05) is 24.0 Å². The number of anilines is 1. The summed E-state index contributed by atoms with van der Waals surface area (Å²) in [6, 6.07) is 17.8. The summed E-state index contributed by atoms with van der Waals surface area (Å²) < 4.78 is 16.1. The first-order valence-electron chi connectivity index (χ1n) is 9.77. The molecule has 0 aliphatic rings. The number of aromatic nitrogens is 4. The van der Waals surface area contributed by atoms with Gasteiger partial charge in [-0.2, -0.15) is 0 Å². The lowest BCUT2D eigenvalue weighted by atomic mass is 10.0. The van der Waals surface area contributed by atoms with E-state index in [2.05, 4.69) is 43.5 Å². The predicted molar refractivity (Wildman–Crippen MR) is 122 cm³/mol. The number of halogens is 1. The minimum Gasteiger partial charge on any atom is -0.363 e. The van der Waals surface area contributed by atoms with Gasteiger partial charge in [-0.05, 0) is 47.9 Å². The van der Waals surface area contributed by atoms with Crippen LogP contribution in [0.25, 0.3) is 32.6 Å². The molecular weight excluding hydrogens is 409 g/mol. The monoisotopic (exact) mass is 427 g/mol. The normalized spacial score (nSPS) is 11.0. The fourth-order valence-corrected chi connectivity index (χ4v) is 4.14. The molecule has 0 bridgehead atoms. The smallest absolute Gasteiger partial charge is 0.191 e. The van der Waals surface area contributed by atoms with E-state index in [0.717, 1.165) is 32.6 Å². The average Bonchev–Trinajstić information content (AvgIpc) is 3.27. The molecule has 7 heteroatoms. The third-order valence-corrected chi connectivity index (χ3v) is 5.83. The Morgan fingerprint density at radius 1 is 0.871 bits per heavy atom. The van der Waals surface area contributed by atoms with Crippen molar-refractivity contribution in [2.75, 3.05) is 5.32 Å². The Morgan fingerprint density at radius 2 is 1.71 bits per heavy atom. The third-order valence-electron chi connectivity index (χ3n) is 5.04. The molecule has 3 aromatic heterocycles. The molecule has 0 fully saturated rings. The lowest BCUT2D eigenvalue weighted by Crippen LogP contribution is -2.05. The van der Waals surface area contributed by atoms with Crippen LogP contribution < -0.4 is 5.32 Å². The van der Waals surface area contributed by atoms with Crippen LogP contribution in [0.3, 0.4) is 0 Å². The van der Waals surface area contributed by atoms with Gasteiger partial charge >= 0.3 is 0 Å². The van der Waals surface area contributed by atoms with Crippen molar-refractivity contribution in [3.8, 4) is 22.4 Å². The van der Waals surface area contributed by atoms with Crippen molar-refractivity contribution >= 4 is 27.4 Å². The first-order chi connectivity index (χ1) is 15.2. The molecule has 5 nitrogen and oxygen atoms in total. The summed E-state index contributed by atoms with van der Waals surface area (Å²) in [5, 5.41) is 3.09. The second kappa shape index (κ2) is 8.20. The summed E-state index contributed by atoms with van der Waals surface area (Å²) in [6.07, 6.45) is 3.19. The number of thiazole rings is 1. The number of nitrogens with one attached hydrogen (secondary N) is 1. The third kappa shape index (κ3) is 4.00. The predicted octanol–water partition coefficient (Wildman–Crippen LogP) is 5.87. The molecule has 1 N–H and O–H groups in total. The Bertz CT molecular complexity index is 1360. The number of nitrogens with zero attached hydrogens (tertiary/aromatic N) is 4. The Labute approximate surface area is 182 Å². The van der Waals surface area contributed by atoms with Crippen LogP contribution in [0.4, 0.5) is 10.2 Å². The van der Waals surface area contributed by atoms with Crippen molar-refractivity contribution in [1.29, 1.82) is 0 Å². The molecule has 0 spiro atoms. The number of fused-ring (bicyclic) bond motifs is 1. The minimum atomic E-state index is -0.463. The number of benzene rings is 2. The largest absolute Gasteiger partial charge is 0.363 e. The van der Waals surface area contributed by atoms with Crippen LogP contribution >= 0.6 is 11.3 Å². The SMILES string of the molecule is Cc1cc(-c2ccc(CNc3ncnc(-c4ccc5ncsc5c4)c3F)cc2)ccn1. The van der Waals surface area contributed by atoms with Gasteiger partial charge in [0.2, 0.25) is 0 Å². The fourth-order valence-electron chi connectivity index (χ4n) is 3.42. The van der Waals surface area contributed by atoms with E-state index >= 15 is 4.39 Å². The molecule has 0 aliphatic carbocycles. The molecule has 2 aromatic carbocycles. The van der Waals surface area contributed by atoms with Crippen LogP contribution in [0.2, 0.25) is 0 Å². The van der Waals surface area contributed by atoms with Crippen molar-refractivity contribution in [2.45, 2.75) is 13.5 Å². The highest BCUT2D eigenvalue weighted by molar-refractivity contribution is 7.16. The molecule has 31 heavy (non-hydrogen) atoms. The van der Waals surface area contributed by atoms with Crippen LogP contribution in [0.1, 0.15) is 11.3 Å². The van der Waals surface area contributed by atoms with Gasteiger partial charge in [-0.25, -0.2) is 19.3 Å². The zero-order chi connectivity index (χ0) is 21.2. The Balaban J connectivity index is 1.34. The quantitative estimate of drug-likeness (QED) is 0.380. The van der Waals surface area contributed by atoms with Crippen molar-refractivity contribution in [1.82, 2.24) is 19.9 Å². The van der Waals surface area contributed by atoms with Crippen molar-refractivity contribution in [3.63, 3.8) is 0 Å². The maximum atomic E-state index is 15.1. The van der Waals surface area contributed by atoms with Gasteiger partial charge in [-0.1, -0.05) is 30.3 Å². The van der Waals surface area contributed by atoms with Crippen LogP contribution in [-0.4, -0.2) is 19.9 Å². The van der Waals surface area contributed by atoms with Gasteiger partial charge < -0.3 is 5.32 Å². The molecule has 0 amide bonds. The van der Waals surface area contributed by atoms with Gasteiger partial charge in [0.05, 0.1) is 15.7 Å². The van der Waals surface area contributed by atoms with E-state index in [9.17, 15) is 0 Å². The molecular formula is C24H18FN5S. The number of pyridine rings is 1. The maximum absolute atomic E-state index is 15.1. The number of hydrogen-bond acceptors (Lipinski definition) is 6. The number of aryl methyl sites for hydroxylation is 1. The maximum Gasteiger partial charge on any atom is 0.191 e. The topological polar surface area (TPSA) is 63.6 Å². The molecule has 5 rings (SSSR count). The first kappa shape index (κ1) is 19.3. The summed E-state index contributed by atoms with van der Waals surface area (Å²) in [7, 11) is 0. The number of hydrogen-bond donors (Lipinski definition) is 1. The summed E-state index contributed by atoms with van der Waals surface area (Å²) in [5.74, 6) is -0.279. The van der Waals surface area contributed by atoms with Crippen LogP contribution in [0.5, 0.6) is 0 Å². The van der Waals surface area contributed by atoms with Crippen molar-refractivity contribution in [2.24, 2.45) is 0 Å². The second-order valence-electron chi connectivity index (χ2n) is 7.16. The molecule has 0 radical (unpaired) electrons. The van der Waals surface area contributed by atoms with E-state index in [-0.39, 0.29) is 11.5 Å². The van der Waals surface area contributed by atoms with Gasteiger partial charge in [-0.15, -0.1) is 11.3 Å². The minimum absolute atomic E-state index is 0.184. The van der Waals surface area contributed by atoms with E-state index < -0.39 is 5.82 Å². The van der Waals surface area contributed by atoms with E-state index in [1.54, 1.807) is 5.51 Å². The zero-order valence-corrected chi connectivity index (χ0v) is 17.5. The lowest BCUT2D eigenvalue weighted by Gasteiger charge is -2.10. The zero-order valence-electron chi connectivity index (χ0n) is 16.7. The fraction of sp³-hybridized carbons (Fsp3) is 0.0833. The van der Waals surface area contributed by atoms with E-state index in [0.29, 0.717) is 12.1 Å². The summed E-state index contributed by atoms with van der Waals surface area (Å²) in [4.78, 5) is 16.8. The Hall–Kier alpha value is -3.71. The van der Waals surface area contributed by atoms with Crippen LogP contribution in [-0.2, 0) is 6.54 Å². The average molecular weight is 428 g/mol. The molecule has 0 aliphatic heterocycles. The molecule has 0 saturated heterocycles. The molecule has 3 heterocycles. The highest BCUT2D eigenvalue weighted by atomic mass is 32.1. The molecule has 0 saturated carbocycles. The Morgan fingerprint density at radius 3 is 2.55 bits per heavy atom. The summed E-state index contributed by atoms with van der Waals surface area (Å²) in [5.41, 5.74) is 7.89. The lowest BCUT2D eigenvalue weighted by molar-refractivity contribution is 0.621. The Kier molecular flexibility index (Phi) is 5.09. The van der Waals surface area contributed by atoms with Gasteiger partial charge in [0.1, 0.15) is 12.0 Å². The van der Waals surface area contributed by atoms with Gasteiger partial charge in [0.25, 0.3) is 0 Å². The molecule has 0 atom stereocenters. The summed E-state index contributed by atoms with van der Waals surface area (Å²) in [6.45, 7) is 2.43.